The van der Waals surface area contributed by atoms with Crippen LogP contribution in [0.2, 0.25) is 0 Å². The van der Waals surface area contributed by atoms with Crippen LogP contribution in [0, 0.1) is 0 Å². The third-order valence-electron chi connectivity index (χ3n) is 4.57. The topological polar surface area (TPSA) is 85.1 Å². The number of hydrogen-bond donors (Lipinski definition) is 1. The van der Waals surface area contributed by atoms with Gasteiger partial charge in [-0.2, -0.15) is 18.3 Å². The van der Waals surface area contributed by atoms with E-state index in [1.807, 2.05) is 0 Å². The van der Waals surface area contributed by atoms with Crippen LogP contribution in [0.1, 0.15) is 38.8 Å². The van der Waals surface area contributed by atoms with E-state index in [1.165, 1.54) is 45.0 Å². The normalized spacial score (nSPS) is 16.7. The predicted octanol–water partition coefficient (Wildman–Crippen LogP) is 2.79. The lowest BCUT2D eigenvalue weighted by molar-refractivity contribution is -0.137. The molecule has 10 heteroatoms. The smallest absolute Gasteiger partial charge is 0.382 e. The zero-order chi connectivity index (χ0) is 20.7. The Morgan fingerprint density at radius 2 is 1.63 bits per heavy atom. The molecule has 1 N–H and O–H groups in total. The van der Waals surface area contributed by atoms with E-state index >= 15 is 0 Å². The summed E-state index contributed by atoms with van der Waals surface area (Å²) in [5, 5.41) is 13.9. The van der Waals surface area contributed by atoms with Crippen LogP contribution in [0.3, 0.4) is 0 Å². The molecule has 0 fully saturated rings. The van der Waals surface area contributed by atoms with Gasteiger partial charge in [0.25, 0.3) is 0 Å². The van der Waals surface area contributed by atoms with Crippen molar-refractivity contribution in [3.63, 3.8) is 0 Å². The van der Waals surface area contributed by atoms with E-state index in [2.05, 4.69) is 10.1 Å². The average molecular weight is 405 g/mol. The Morgan fingerprint density at radius 3 is 2.04 bits per heavy atom. The summed E-state index contributed by atoms with van der Waals surface area (Å²) in [6.45, 7) is 5.56. The van der Waals surface area contributed by atoms with E-state index in [9.17, 15) is 26.7 Å². The van der Waals surface area contributed by atoms with Gasteiger partial charge in [0, 0.05) is 0 Å². The van der Waals surface area contributed by atoms with Crippen molar-refractivity contribution in [2.24, 2.45) is 0 Å². The lowest BCUT2D eigenvalue weighted by Crippen LogP contribution is -2.50. The van der Waals surface area contributed by atoms with Crippen LogP contribution in [-0.2, 0) is 28.2 Å². The zero-order valence-electron chi connectivity index (χ0n) is 15.4. The minimum atomic E-state index is -4.54. The van der Waals surface area contributed by atoms with Crippen molar-refractivity contribution in [3.05, 3.63) is 48.0 Å². The monoisotopic (exact) mass is 405 g/mol. The van der Waals surface area contributed by atoms with E-state index in [0.29, 0.717) is 0 Å². The van der Waals surface area contributed by atoms with Gasteiger partial charge < -0.3 is 5.11 Å². The number of hydrogen-bond acceptors (Lipinski definition) is 5. The molecule has 0 aliphatic rings. The van der Waals surface area contributed by atoms with Crippen LogP contribution in [-0.4, -0.2) is 38.3 Å². The third kappa shape index (κ3) is 4.16. The molecule has 0 radical (unpaired) electrons. The Bertz CT molecular complexity index is 873. The van der Waals surface area contributed by atoms with Crippen molar-refractivity contribution >= 4 is 9.84 Å². The SMILES string of the molecule is CC(C(O)(Cn1cncn1)c1ccc(C(F)(F)F)cc1)S(=O)(=O)C(C)(C)C. The quantitative estimate of drug-likeness (QED) is 0.827. The summed E-state index contributed by atoms with van der Waals surface area (Å²) >= 11 is 0. The molecule has 0 aliphatic carbocycles. The van der Waals surface area contributed by atoms with Crippen molar-refractivity contribution in [3.8, 4) is 0 Å². The first-order valence-corrected chi connectivity index (χ1v) is 9.70. The third-order valence-corrected chi connectivity index (χ3v) is 7.60. The van der Waals surface area contributed by atoms with Gasteiger partial charge in [0.05, 0.1) is 22.1 Å². The molecule has 6 nitrogen and oxygen atoms in total. The molecule has 1 heterocycles. The molecule has 0 bridgehead atoms. The summed E-state index contributed by atoms with van der Waals surface area (Å²) in [5.74, 6) is 0. The van der Waals surface area contributed by atoms with Crippen LogP contribution < -0.4 is 0 Å². The van der Waals surface area contributed by atoms with E-state index in [-0.39, 0.29) is 12.1 Å². The summed E-state index contributed by atoms with van der Waals surface area (Å²) in [4.78, 5) is 3.76. The Labute approximate surface area is 156 Å². The number of nitrogens with zero attached hydrogens (tertiary/aromatic N) is 3. The maximum Gasteiger partial charge on any atom is 0.416 e. The first kappa shape index (κ1) is 21.4. The Morgan fingerprint density at radius 1 is 1.11 bits per heavy atom. The van der Waals surface area contributed by atoms with Crippen molar-refractivity contribution in [1.29, 1.82) is 0 Å². The fourth-order valence-corrected chi connectivity index (χ4v) is 4.54. The van der Waals surface area contributed by atoms with Gasteiger partial charge in [-0.15, -0.1) is 0 Å². The van der Waals surface area contributed by atoms with Crippen molar-refractivity contribution in [2.75, 3.05) is 0 Å². The molecule has 1 aromatic carbocycles. The maximum absolute atomic E-state index is 12.9. The van der Waals surface area contributed by atoms with E-state index in [1.54, 1.807) is 0 Å². The number of halogens is 3. The first-order chi connectivity index (χ1) is 12.2. The van der Waals surface area contributed by atoms with E-state index < -0.39 is 37.2 Å². The molecular formula is C17H22F3N3O3S. The van der Waals surface area contributed by atoms with Gasteiger partial charge in [-0.1, -0.05) is 12.1 Å². The Balaban J connectivity index is 2.57. The molecule has 0 spiro atoms. The minimum Gasteiger partial charge on any atom is -0.382 e. The summed E-state index contributed by atoms with van der Waals surface area (Å²) < 4.78 is 64.5. The molecular weight excluding hydrogens is 383 g/mol. The lowest BCUT2D eigenvalue weighted by atomic mass is 9.90. The summed E-state index contributed by atoms with van der Waals surface area (Å²) in [7, 11) is -3.86. The second kappa shape index (κ2) is 6.90. The highest BCUT2D eigenvalue weighted by Crippen LogP contribution is 2.37. The van der Waals surface area contributed by atoms with Crippen LogP contribution in [0.4, 0.5) is 13.2 Å². The van der Waals surface area contributed by atoms with Gasteiger partial charge in [-0.3, -0.25) is 0 Å². The molecule has 0 saturated carbocycles. The van der Waals surface area contributed by atoms with Crippen molar-refractivity contribution in [1.82, 2.24) is 14.8 Å². The van der Waals surface area contributed by atoms with Gasteiger partial charge in [0.2, 0.25) is 0 Å². The molecule has 0 aliphatic heterocycles. The number of sulfone groups is 1. The first-order valence-electron chi connectivity index (χ1n) is 8.15. The van der Waals surface area contributed by atoms with Gasteiger partial charge in [0.1, 0.15) is 18.3 Å². The fraction of sp³-hybridized carbons (Fsp3) is 0.529. The number of aliphatic hydroxyl groups is 1. The molecule has 2 rings (SSSR count). The van der Waals surface area contributed by atoms with Gasteiger partial charge in [0.15, 0.2) is 9.84 Å². The average Bonchev–Trinajstić information content (AvgIpc) is 3.05. The molecule has 150 valence electrons. The molecule has 0 amide bonds. The van der Waals surface area contributed by atoms with Crippen LogP contribution in [0.25, 0.3) is 0 Å². The fourth-order valence-electron chi connectivity index (χ4n) is 2.75. The molecule has 27 heavy (non-hydrogen) atoms. The second-order valence-corrected chi connectivity index (χ2v) is 10.4. The number of aromatic nitrogens is 3. The highest BCUT2D eigenvalue weighted by molar-refractivity contribution is 7.93. The number of benzene rings is 1. The highest BCUT2D eigenvalue weighted by Gasteiger charge is 2.48. The van der Waals surface area contributed by atoms with Crippen molar-refractivity contribution < 1.29 is 26.7 Å². The van der Waals surface area contributed by atoms with Gasteiger partial charge >= 0.3 is 6.18 Å². The summed E-state index contributed by atoms with van der Waals surface area (Å²) in [6, 6.07) is 3.82. The maximum atomic E-state index is 12.9. The van der Waals surface area contributed by atoms with Crippen LogP contribution in [0.15, 0.2) is 36.9 Å². The van der Waals surface area contributed by atoms with E-state index in [0.717, 1.165) is 24.3 Å². The van der Waals surface area contributed by atoms with Gasteiger partial charge in [-0.25, -0.2) is 18.1 Å². The van der Waals surface area contributed by atoms with Crippen LogP contribution in [0.5, 0.6) is 0 Å². The molecule has 2 unspecified atom stereocenters. The molecule has 2 aromatic rings. The number of rotatable bonds is 5. The minimum absolute atomic E-state index is 0.0475. The molecule has 0 saturated heterocycles. The standard InChI is InChI=1S/C17H22F3N3O3S/c1-12(27(25,26)15(2,3)4)16(24,9-23-11-21-10-22-23)13-5-7-14(8-6-13)17(18,19)20/h5-8,10-12,24H,9H2,1-4H3. The van der Waals surface area contributed by atoms with E-state index in [4.69, 9.17) is 0 Å². The summed E-state index contributed by atoms with van der Waals surface area (Å²) in [6.07, 6.45) is -2.02. The molecule has 2 atom stereocenters. The summed E-state index contributed by atoms with van der Waals surface area (Å²) in [5.41, 5.74) is -2.85. The Kier molecular flexibility index (Phi) is 5.46. The predicted molar refractivity (Wildman–Crippen MR) is 93.5 cm³/mol. The van der Waals surface area contributed by atoms with Crippen molar-refractivity contribution in [2.45, 2.75) is 56.0 Å². The lowest BCUT2D eigenvalue weighted by Gasteiger charge is -2.37. The largest absolute Gasteiger partial charge is 0.416 e. The second-order valence-electron chi connectivity index (χ2n) is 7.39. The number of alkyl halides is 3. The van der Waals surface area contributed by atoms with Crippen LogP contribution >= 0.6 is 0 Å². The van der Waals surface area contributed by atoms with Gasteiger partial charge in [-0.05, 0) is 45.4 Å². The molecule has 1 aromatic heterocycles. The Hall–Kier alpha value is -1.94. The highest BCUT2D eigenvalue weighted by atomic mass is 32.2. The zero-order valence-corrected chi connectivity index (χ0v) is 16.2.